The number of fused-ring (bicyclic) bond motifs is 1. The summed E-state index contributed by atoms with van der Waals surface area (Å²) < 4.78 is 5.44. The van der Waals surface area contributed by atoms with E-state index in [2.05, 4.69) is 19.1 Å². The molecule has 0 N–H and O–H groups in total. The Kier molecular flexibility index (Phi) is 4.92. The van der Waals surface area contributed by atoms with Crippen molar-refractivity contribution in [3.05, 3.63) is 70.6 Å². The molecule has 0 aliphatic heterocycles. The Hall–Kier alpha value is -2.35. The molecule has 1 heterocycles. The van der Waals surface area contributed by atoms with Gasteiger partial charge in [-0.25, -0.2) is 4.79 Å². The van der Waals surface area contributed by atoms with E-state index in [-0.39, 0.29) is 5.63 Å². The molecule has 0 aliphatic carbocycles. The van der Waals surface area contributed by atoms with E-state index in [4.69, 9.17) is 4.42 Å². The van der Waals surface area contributed by atoms with Gasteiger partial charge < -0.3 is 4.42 Å². The van der Waals surface area contributed by atoms with Gasteiger partial charge in [0.1, 0.15) is 5.58 Å². The van der Waals surface area contributed by atoms with Crippen molar-refractivity contribution in [1.29, 1.82) is 0 Å². The van der Waals surface area contributed by atoms with E-state index in [9.17, 15) is 4.79 Å². The molecular formula is C21H22O2. The largest absolute Gasteiger partial charge is 0.423 e. The normalized spacial score (nSPS) is 11.0. The summed E-state index contributed by atoms with van der Waals surface area (Å²) in [6, 6.07) is 17.8. The van der Waals surface area contributed by atoms with Gasteiger partial charge in [-0.15, -0.1) is 0 Å². The minimum Gasteiger partial charge on any atom is -0.423 e. The van der Waals surface area contributed by atoms with Crippen LogP contribution in [0, 0.1) is 0 Å². The second kappa shape index (κ2) is 7.28. The number of hydrogen-bond acceptors (Lipinski definition) is 2. The molecule has 0 radical (unpaired) electrons. The summed E-state index contributed by atoms with van der Waals surface area (Å²) in [4.78, 5) is 11.9. The molecule has 2 heteroatoms. The molecule has 0 unspecified atom stereocenters. The van der Waals surface area contributed by atoms with Crippen molar-refractivity contribution >= 4 is 11.0 Å². The summed E-state index contributed by atoms with van der Waals surface area (Å²) in [5.74, 6) is 0. The third-order valence-corrected chi connectivity index (χ3v) is 4.21. The van der Waals surface area contributed by atoms with Gasteiger partial charge in [0.05, 0.1) is 0 Å². The first kappa shape index (κ1) is 15.5. The maximum absolute atomic E-state index is 11.9. The molecule has 1 aromatic heterocycles. The maximum atomic E-state index is 11.9. The zero-order valence-electron chi connectivity index (χ0n) is 13.5. The average molecular weight is 306 g/mol. The van der Waals surface area contributed by atoms with Crippen LogP contribution in [0.1, 0.15) is 38.2 Å². The average Bonchev–Trinajstić information content (AvgIpc) is 2.58. The lowest BCUT2D eigenvalue weighted by Gasteiger charge is -2.07. The first-order chi connectivity index (χ1) is 11.3. The van der Waals surface area contributed by atoms with Crippen molar-refractivity contribution in [2.24, 2.45) is 0 Å². The fraction of sp³-hybridized carbons (Fsp3) is 0.286. The lowest BCUT2D eigenvalue weighted by Crippen LogP contribution is -1.98. The molecular weight excluding hydrogens is 284 g/mol. The third-order valence-electron chi connectivity index (χ3n) is 4.21. The van der Waals surface area contributed by atoms with E-state index >= 15 is 0 Å². The lowest BCUT2D eigenvalue weighted by molar-refractivity contribution is 0.561. The molecule has 0 saturated heterocycles. The summed E-state index contributed by atoms with van der Waals surface area (Å²) in [6.07, 6.45) is 5.99. The number of unbranched alkanes of at least 4 members (excludes halogenated alkanes) is 3. The van der Waals surface area contributed by atoms with Gasteiger partial charge in [-0.05, 0) is 35.6 Å². The van der Waals surface area contributed by atoms with Gasteiger partial charge >= 0.3 is 5.63 Å². The second-order valence-corrected chi connectivity index (χ2v) is 5.99. The Morgan fingerprint density at radius 2 is 1.74 bits per heavy atom. The van der Waals surface area contributed by atoms with Crippen LogP contribution in [0.2, 0.25) is 0 Å². The molecule has 3 rings (SSSR count). The molecule has 0 spiro atoms. The summed E-state index contributed by atoms with van der Waals surface area (Å²) in [7, 11) is 0. The smallest absolute Gasteiger partial charge is 0.336 e. The molecule has 0 aliphatic rings. The van der Waals surface area contributed by atoms with Gasteiger partial charge in [0.2, 0.25) is 0 Å². The Balaban J connectivity index is 1.96. The van der Waals surface area contributed by atoms with Crippen LogP contribution in [0.3, 0.4) is 0 Å². The van der Waals surface area contributed by atoms with Crippen LogP contribution in [-0.2, 0) is 6.42 Å². The van der Waals surface area contributed by atoms with Gasteiger partial charge in [-0.2, -0.15) is 0 Å². The van der Waals surface area contributed by atoms with Crippen LogP contribution in [0.25, 0.3) is 22.1 Å². The topological polar surface area (TPSA) is 30.2 Å². The second-order valence-electron chi connectivity index (χ2n) is 5.99. The van der Waals surface area contributed by atoms with Crippen LogP contribution in [0.15, 0.2) is 63.8 Å². The van der Waals surface area contributed by atoms with E-state index in [0.29, 0.717) is 5.58 Å². The standard InChI is InChI=1S/C21H22O2/c1-2-3-4-6-9-16-12-13-18-19(17-10-7-5-8-11-17)15-21(22)23-20(18)14-16/h5,7-8,10-15H,2-4,6,9H2,1H3. The van der Waals surface area contributed by atoms with Crippen molar-refractivity contribution in [1.82, 2.24) is 0 Å². The first-order valence-corrected chi connectivity index (χ1v) is 8.40. The SMILES string of the molecule is CCCCCCc1ccc2c(-c3ccccc3)cc(=O)oc2c1. The maximum Gasteiger partial charge on any atom is 0.336 e. The van der Waals surface area contributed by atoms with E-state index in [1.165, 1.54) is 31.2 Å². The van der Waals surface area contributed by atoms with E-state index in [1.807, 2.05) is 36.4 Å². The van der Waals surface area contributed by atoms with Gasteiger partial charge in [0.25, 0.3) is 0 Å². The highest BCUT2D eigenvalue weighted by Gasteiger charge is 2.08. The van der Waals surface area contributed by atoms with E-state index in [1.54, 1.807) is 6.07 Å². The van der Waals surface area contributed by atoms with E-state index < -0.39 is 0 Å². The predicted molar refractivity (Wildman–Crippen MR) is 95.8 cm³/mol. The summed E-state index contributed by atoms with van der Waals surface area (Å²) in [5, 5.41) is 0.994. The Bertz CT molecular complexity index is 831. The van der Waals surface area contributed by atoms with Crippen molar-refractivity contribution < 1.29 is 4.42 Å². The van der Waals surface area contributed by atoms with Crippen molar-refractivity contribution in [3.8, 4) is 11.1 Å². The molecule has 2 aromatic carbocycles. The van der Waals surface area contributed by atoms with Gasteiger partial charge in [0, 0.05) is 11.5 Å². The first-order valence-electron chi connectivity index (χ1n) is 8.40. The van der Waals surface area contributed by atoms with Crippen LogP contribution in [-0.4, -0.2) is 0 Å². The Morgan fingerprint density at radius 3 is 2.52 bits per heavy atom. The quantitative estimate of drug-likeness (QED) is 0.439. The monoisotopic (exact) mass is 306 g/mol. The molecule has 0 fully saturated rings. The van der Waals surface area contributed by atoms with Crippen LogP contribution in [0.5, 0.6) is 0 Å². The summed E-state index contributed by atoms with van der Waals surface area (Å²) >= 11 is 0. The fourth-order valence-electron chi connectivity index (χ4n) is 2.98. The van der Waals surface area contributed by atoms with E-state index in [0.717, 1.165) is 22.9 Å². The molecule has 0 amide bonds. The van der Waals surface area contributed by atoms with Crippen LogP contribution >= 0.6 is 0 Å². The van der Waals surface area contributed by atoms with Gasteiger partial charge in [-0.1, -0.05) is 68.7 Å². The van der Waals surface area contributed by atoms with Gasteiger partial charge in [0.15, 0.2) is 0 Å². The van der Waals surface area contributed by atoms with Gasteiger partial charge in [-0.3, -0.25) is 0 Å². The zero-order chi connectivity index (χ0) is 16.1. The number of aryl methyl sites for hydroxylation is 1. The molecule has 23 heavy (non-hydrogen) atoms. The molecule has 2 nitrogen and oxygen atoms in total. The van der Waals surface area contributed by atoms with Crippen molar-refractivity contribution in [2.75, 3.05) is 0 Å². The molecule has 118 valence electrons. The lowest BCUT2D eigenvalue weighted by atomic mass is 9.99. The van der Waals surface area contributed by atoms with Crippen molar-refractivity contribution in [3.63, 3.8) is 0 Å². The predicted octanol–water partition coefficient (Wildman–Crippen LogP) is 5.58. The molecule has 0 atom stereocenters. The van der Waals surface area contributed by atoms with Crippen LogP contribution < -0.4 is 5.63 Å². The minimum atomic E-state index is -0.292. The fourth-order valence-corrected chi connectivity index (χ4v) is 2.98. The molecule has 3 aromatic rings. The molecule has 0 saturated carbocycles. The summed E-state index contributed by atoms with van der Waals surface area (Å²) in [6.45, 7) is 2.22. The number of rotatable bonds is 6. The Morgan fingerprint density at radius 1 is 0.913 bits per heavy atom. The van der Waals surface area contributed by atoms with Crippen molar-refractivity contribution in [2.45, 2.75) is 39.0 Å². The summed E-state index contributed by atoms with van der Waals surface area (Å²) in [5.41, 5.74) is 3.61. The highest BCUT2D eigenvalue weighted by Crippen LogP contribution is 2.28. The zero-order valence-corrected chi connectivity index (χ0v) is 13.5. The number of benzene rings is 2. The third kappa shape index (κ3) is 3.70. The molecule has 0 bridgehead atoms. The highest BCUT2D eigenvalue weighted by molar-refractivity contribution is 5.93. The number of hydrogen-bond donors (Lipinski definition) is 0. The minimum absolute atomic E-state index is 0.292. The Labute approximate surface area is 136 Å². The van der Waals surface area contributed by atoms with Crippen LogP contribution in [0.4, 0.5) is 0 Å². The highest BCUT2D eigenvalue weighted by atomic mass is 16.4.